The Morgan fingerprint density at radius 3 is 3.04 bits per heavy atom. The first-order chi connectivity index (χ1) is 12.2. The van der Waals surface area contributed by atoms with E-state index < -0.39 is 6.10 Å². The summed E-state index contributed by atoms with van der Waals surface area (Å²) in [6.45, 7) is 5.70. The summed E-state index contributed by atoms with van der Waals surface area (Å²) in [5, 5.41) is 14.7. The van der Waals surface area contributed by atoms with Gasteiger partial charge in [0.2, 0.25) is 0 Å². The molecule has 1 aromatic heterocycles. The molecule has 2 atom stereocenters. The number of aliphatic hydroxyl groups is 1. The SMILES string of the molecule is C=CCc1ccccc1OC[C@H](O)CN1CCC[C@H]1c1cnn(C)c1. The monoisotopic (exact) mass is 341 g/mol. The zero-order valence-corrected chi connectivity index (χ0v) is 14.8. The Morgan fingerprint density at radius 1 is 1.44 bits per heavy atom. The highest BCUT2D eigenvalue weighted by molar-refractivity contribution is 5.34. The summed E-state index contributed by atoms with van der Waals surface area (Å²) < 4.78 is 7.70. The van der Waals surface area contributed by atoms with Crippen molar-refractivity contribution in [2.24, 2.45) is 7.05 Å². The highest BCUT2D eigenvalue weighted by atomic mass is 16.5. The molecule has 1 N–H and O–H groups in total. The molecule has 1 aliphatic heterocycles. The number of rotatable bonds is 8. The van der Waals surface area contributed by atoms with E-state index in [9.17, 15) is 5.11 Å². The van der Waals surface area contributed by atoms with Crippen LogP contribution in [0.15, 0.2) is 49.3 Å². The van der Waals surface area contributed by atoms with E-state index >= 15 is 0 Å². The first-order valence-electron chi connectivity index (χ1n) is 8.89. The standard InChI is InChI=1S/C20H27N3O2/c1-3-7-16-8-4-5-10-20(16)25-15-18(24)14-23-11-6-9-19(23)17-12-21-22(2)13-17/h3-5,8,10,12-13,18-19,24H,1,6-7,9,11,14-15H2,2H3/t18-,19+/m1/s1. The molecule has 134 valence electrons. The lowest BCUT2D eigenvalue weighted by Crippen LogP contribution is -2.35. The van der Waals surface area contributed by atoms with Crippen molar-refractivity contribution in [2.75, 3.05) is 19.7 Å². The van der Waals surface area contributed by atoms with Crippen molar-refractivity contribution >= 4 is 0 Å². The van der Waals surface area contributed by atoms with Crippen molar-refractivity contribution in [3.63, 3.8) is 0 Å². The molecule has 0 amide bonds. The van der Waals surface area contributed by atoms with E-state index in [1.165, 1.54) is 5.56 Å². The normalized spacial score (nSPS) is 19.0. The number of aryl methyl sites for hydroxylation is 1. The first-order valence-corrected chi connectivity index (χ1v) is 8.89. The van der Waals surface area contributed by atoms with Gasteiger partial charge >= 0.3 is 0 Å². The zero-order chi connectivity index (χ0) is 17.6. The van der Waals surface area contributed by atoms with Crippen molar-refractivity contribution < 1.29 is 9.84 Å². The van der Waals surface area contributed by atoms with E-state index in [1.54, 1.807) is 0 Å². The first kappa shape index (κ1) is 17.7. The molecule has 1 aromatic carbocycles. The minimum atomic E-state index is -0.519. The third-order valence-corrected chi connectivity index (χ3v) is 4.69. The maximum absolute atomic E-state index is 10.5. The largest absolute Gasteiger partial charge is 0.491 e. The van der Waals surface area contributed by atoms with E-state index in [4.69, 9.17) is 4.74 Å². The molecule has 1 aliphatic rings. The van der Waals surface area contributed by atoms with Gasteiger partial charge in [-0.1, -0.05) is 24.3 Å². The Morgan fingerprint density at radius 2 is 2.28 bits per heavy atom. The number of hydrogen-bond donors (Lipinski definition) is 1. The molecule has 1 fully saturated rings. The van der Waals surface area contributed by atoms with Gasteiger partial charge in [0.15, 0.2) is 0 Å². The summed E-state index contributed by atoms with van der Waals surface area (Å²) in [6, 6.07) is 8.26. The van der Waals surface area contributed by atoms with Crippen LogP contribution in [0.3, 0.4) is 0 Å². The maximum atomic E-state index is 10.5. The summed E-state index contributed by atoms with van der Waals surface area (Å²) in [5.74, 6) is 0.826. The molecule has 0 bridgehead atoms. The minimum absolute atomic E-state index is 0.296. The predicted molar refractivity (Wildman–Crippen MR) is 98.6 cm³/mol. The molecule has 3 rings (SSSR count). The van der Waals surface area contributed by atoms with Gasteiger partial charge in [-0.3, -0.25) is 9.58 Å². The summed E-state index contributed by atoms with van der Waals surface area (Å²) >= 11 is 0. The molecule has 5 nitrogen and oxygen atoms in total. The van der Waals surface area contributed by atoms with E-state index in [2.05, 4.69) is 22.8 Å². The lowest BCUT2D eigenvalue weighted by atomic mass is 10.1. The maximum Gasteiger partial charge on any atom is 0.122 e. The number of nitrogens with zero attached hydrogens (tertiary/aromatic N) is 3. The Hall–Kier alpha value is -2.11. The van der Waals surface area contributed by atoms with Gasteiger partial charge in [0.25, 0.3) is 0 Å². The third-order valence-electron chi connectivity index (χ3n) is 4.69. The van der Waals surface area contributed by atoms with E-state index in [-0.39, 0.29) is 0 Å². The van der Waals surface area contributed by atoms with Gasteiger partial charge < -0.3 is 9.84 Å². The van der Waals surface area contributed by atoms with Crippen molar-refractivity contribution in [1.29, 1.82) is 0 Å². The van der Waals surface area contributed by atoms with Gasteiger partial charge in [-0.15, -0.1) is 6.58 Å². The van der Waals surface area contributed by atoms with Gasteiger partial charge in [-0.2, -0.15) is 5.10 Å². The van der Waals surface area contributed by atoms with Crippen LogP contribution in [0.25, 0.3) is 0 Å². The lowest BCUT2D eigenvalue weighted by molar-refractivity contribution is 0.0636. The molecular formula is C20H27N3O2. The number of β-amino-alcohol motifs (C(OH)–C–C–N with tert-alkyl or cyclic N) is 1. The van der Waals surface area contributed by atoms with E-state index in [0.29, 0.717) is 19.2 Å². The van der Waals surface area contributed by atoms with E-state index in [0.717, 1.165) is 37.1 Å². The molecule has 0 unspecified atom stereocenters. The fourth-order valence-corrected chi connectivity index (χ4v) is 3.51. The van der Waals surface area contributed by atoms with Crippen molar-refractivity contribution in [1.82, 2.24) is 14.7 Å². The van der Waals surface area contributed by atoms with Crippen LogP contribution in [-0.4, -0.2) is 45.6 Å². The molecule has 0 saturated carbocycles. The van der Waals surface area contributed by atoms with Crippen molar-refractivity contribution in [2.45, 2.75) is 31.4 Å². The van der Waals surface area contributed by atoms with Crippen LogP contribution in [0.4, 0.5) is 0 Å². The van der Waals surface area contributed by atoms with Gasteiger partial charge in [-0.25, -0.2) is 0 Å². The molecular weight excluding hydrogens is 314 g/mol. The van der Waals surface area contributed by atoms with Crippen molar-refractivity contribution in [3.8, 4) is 5.75 Å². The minimum Gasteiger partial charge on any atom is -0.491 e. The number of benzene rings is 1. The Bertz CT molecular complexity index is 698. The van der Waals surface area contributed by atoms with Crippen LogP contribution in [0.5, 0.6) is 5.75 Å². The molecule has 0 aliphatic carbocycles. The molecule has 2 aromatic rings. The molecule has 0 spiro atoms. The highest BCUT2D eigenvalue weighted by Crippen LogP contribution is 2.31. The second-order valence-electron chi connectivity index (χ2n) is 6.67. The van der Waals surface area contributed by atoms with Crippen LogP contribution in [0.2, 0.25) is 0 Å². The second kappa shape index (κ2) is 8.32. The molecule has 2 heterocycles. The summed E-state index contributed by atoms with van der Waals surface area (Å²) in [5.41, 5.74) is 2.32. The smallest absolute Gasteiger partial charge is 0.122 e. The number of likely N-dealkylation sites (tertiary alicyclic amines) is 1. The van der Waals surface area contributed by atoms with Gasteiger partial charge in [0.1, 0.15) is 18.5 Å². The summed E-state index contributed by atoms with van der Waals surface area (Å²) in [7, 11) is 1.94. The van der Waals surface area contributed by atoms with E-state index in [1.807, 2.05) is 48.3 Å². The van der Waals surface area contributed by atoms with Crippen LogP contribution < -0.4 is 4.74 Å². The topological polar surface area (TPSA) is 50.5 Å². The van der Waals surface area contributed by atoms with Gasteiger partial charge in [-0.05, 0) is 37.4 Å². The Balaban J connectivity index is 1.55. The fourth-order valence-electron chi connectivity index (χ4n) is 3.51. The highest BCUT2D eigenvalue weighted by Gasteiger charge is 2.28. The van der Waals surface area contributed by atoms with Crippen LogP contribution in [0, 0.1) is 0 Å². The number of ether oxygens (including phenoxy) is 1. The van der Waals surface area contributed by atoms with Crippen molar-refractivity contribution in [3.05, 3.63) is 60.4 Å². The predicted octanol–water partition coefficient (Wildman–Crippen LogP) is 2.73. The number of aromatic nitrogens is 2. The molecule has 0 radical (unpaired) electrons. The molecule has 25 heavy (non-hydrogen) atoms. The second-order valence-corrected chi connectivity index (χ2v) is 6.67. The zero-order valence-electron chi connectivity index (χ0n) is 14.8. The summed E-state index contributed by atoms with van der Waals surface area (Å²) in [4.78, 5) is 2.33. The molecule has 5 heteroatoms. The van der Waals surface area contributed by atoms with Gasteiger partial charge in [0.05, 0.1) is 6.20 Å². The summed E-state index contributed by atoms with van der Waals surface area (Å²) in [6.07, 6.45) is 8.36. The average Bonchev–Trinajstić information content (AvgIpc) is 3.23. The number of aliphatic hydroxyl groups excluding tert-OH is 1. The fraction of sp³-hybridized carbons (Fsp3) is 0.450. The third kappa shape index (κ3) is 4.50. The van der Waals surface area contributed by atoms with Crippen LogP contribution in [0.1, 0.15) is 30.0 Å². The lowest BCUT2D eigenvalue weighted by Gasteiger charge is -2.26. The quantitative estimate of drug-likeness (QED) is 0.750. The molecule has 1 saturated heterocycles. The number of allylic oxidation sites excluding steroid dienone is 1. The average molecular weight is 341 g/mol. The van der Waals surface area contributed by atoms with Gasteiger partial charge in [0, 0.05) is 31.4 Å². The Kier molecular flexibility index (Phi) is 5.89. The number of hydrogen-bond acceptors (Lipinski definition) is 4. The van der Waals surface area contributed by atoms with Crippen LogP contribution >= 0.6 is 0 Å². The van der Waals surface area contributed by atoms with Crippen LogP contribution in [-0.2, 0) is 13.5 Å². The number of para-hydroxylation sites is 1. The Labute approximate surface area is 149 Å².